The van der Waals surface area contributed by atoms with Gasteiger partial charge < -0.3 is 10.1 Å². The van der Waals surface area contributed by atoms with E-state index in [-0.39, 0.29) is 23.5 Å². The molecule has 0 aliphatic rings. The maximum atomic E-state index is 13.5. The molecule has 6 nitrogen and oxygen atoms in total. The molecular weight excluding hydrogens is 291 g/mol. The highest BCUT2D eigenvalue weighted by molar-refractivity contribution is 5.94. The van der Waals surface area contributed by atoms with Crippen LogP contribution in [0.15, 0.2) is 42.5 Å². The normalized spacial score (nSPS) is 10.1. The minimum Gasteiger partial charge on any atom is -0.494 e. The Bertz CT molecular complexity index is 718. The lowest BCUT2D eigenvalue weighted by molar-refractivity contribution is -0.384. The van der Waals surface area contributed by atoms with Gasteiger partial charge in [0.05, 0.1) is 12.0 Å². The first-order valence-corrected chi connectivity index (χ1v) is 6.36. The number of hydrogen-bond acceptors (Lipinski definition) is 4. The maximum absolute atomic E-state index is 13.5. The molecule has 0 aliphatic carbocycles. The van der Waals surface area contributed by atoms with E-state index in [4.69, 9.17) is 4.74 Å². The highest BCUT2D eigenvalue weighted by Crippen LogP contribution is 2.18. The molecule has 7 heteroatoms. The van der Waals surface area contributed by atoms with Gasteiger partial charge in [0.25, 0.3) is 11.6 Å². The van der Waals surface area contributed by atoms with E-state index in [2.05, 4.69) is 5.32 Å². The molecule has 0 fully saturated rings. The van der Waals surface area contributed by atoms with E-state index in [1.54, 1.807) is 6.07 Å². The van der Waals surface area contributed by atoms with E-state index in [0.717, 1.165) is 6.07 Å². The van der Waals surface area contributed by atoms with Crippen molar-refractivity contribution in [2.75, 3.05) is 7.11 Å². The van der Waals surface area contributed by atoms with Gasteiger partial charge in [-0.15, -0.1) is 0 Å². The average Bonchev–Trinajstić information content (AvgIpc) is 2.52. The minimum absolute atomic E-state index is 0.0511. The number of nitrogens with zero attached hydrogens (tertiary/aromatic N) is 1. The Morgan fingerprint density at radius 1 is 1.32 bits per heavy atom. The Balaban J connectivity index is 2.05. The van der Waals surface area contributed by atoms with Crippen molar-refractivity contribution >= 4 is 11.6 Å². The molecule has 2 rings (SSSR count). The number of benzene rings is 2. The molecule has 2 aromatic rings. The lowest BCUT2D eigenvalue weighted by atomic mass is 10.1. The predicted octanol–water partition coefficient (Wildman–Crippen LogP) is 2.67. The van der Waals surface area contributed by atoms with E-state index in [0.29, 0.717) is 5.56 Å². The van der Waals surface area contributed by atoms with E-state index >= 15 is 0 Å². The van der Waals surface area contributed by atoms with Gasteiger partial charge in [-0.25, -0.2) is 4.39 Å². The molecule has 1 amide bonds. The molecule has 0 heterocycles. The first-order chi connectivity index (χ1) is 10.5. The summed E-state index contributed by atoms with van der Waals surface area (Å²) in [4.78, 5) is 22.1. The summed E-state index contributed by atoms with van der Waals surface area (Å²) < 4.78 is 18.3. The van der Waals surface area contributed by atoms with Crippen LogP contribution >= 0.6 is 0 Å². The molecule has 0 radical (unpaired) electrons. The number of nitrogens with one attached hydrogen (secondary N) is 1. The highest BCUT2D eigenvalue weighted by atomic mass is 19.1. The first-order valence-electron chi connectivity index (χ1n) is 6.36. The third-order valence-electron chi connectivity index (χ3n) is 2.99. The Morgan fingerprint density at radius 3 is 2.73 bits per heavy atom. The number of hydrogen-bond donors (Lipinski definition) is 1. The van der Waals surface area contributed by atoms with E-state index in [9.17, 15) is 19.3 Å². The Labute approximate surface area is 125 Å². The van der Waals surface area contributed by atoms with Crippen LogP contribution in [0.5, 0.6) is 5.75 Å². The summed E-state index contributed by atoms with van der Waals surface area (Å²) in [6.45, 7) is 0.105. The smallest absolute Gasteiger partial charge is 0.269 e. The zero-order chi connectivity index (χ0) is 16.1. The fourth-order valence-corrected chi connectivity index (χ4v) is 1.87. The predicted molar refractivity (Wildman–Crippen MR) is 77.2 cm³/mol. The molecule has 114 valence electrons. The molecule has 0 unspecified atom stereocenters. The van der Waals surface area contributed by atoms with E-state index in [1.165, 1.54) is 37.4 Å². The molecule has 0 aromatic heterocycles. The Hall–Kier alpha value is -2.96. The number of carbonyl (C=O) groups excluding carboxylic acids is 1. The molecule has 2 aromatic carbocycles. The summed E-state index contributed by atoms with van der Waals surface area (Å²) in [6.07, 6.45) is 0. The second-order valence-electron chi connectivity index (χ2n) is 4.46. The van der Waals surface area contributed by atoms with Crippen LogP contribution in [0.1, 0.15) is 15.9 Å². The van der Waals surface area contributed by atoms with Crippen LogP contribution in [-0.2, 0) is 6.54 Å². The third kappa shape index (κ3) is 3.57. The topological polar surface area (TPSA) is 81.5 Å². The van der Waals surface area contributed by atoms with Gasteiger partial charge in [-0.3, -0.25) is 14.9 Å². The van der Waals surface area contributed by atoms with Crippen LogP contribution in [0.25, 0.3) is 0 Å². The van der Waals surface area contributed by atoms with Crippen molar-refractivity contribution in [1.82, 2.24) is 5.32 Å². The van der Waals surface area contributed by atoms with E-state index < -0.39 is 16.6 Å². The fourth-order valence-electron chi connectivity index (χ4n) is 1.87. The van der Waals surface area contributed by atoms with Crippen LogP contribution in [0.2, 0.25) is 0 Å². The quantitative estimate of drug-likeness (QED) is 0.680. The summed E-state index contributed by atoms with van der Waals surface area (Å²) in [5, 5.41) is 13.3. The van der Waals surface area contributed by atoms with Gasteiger partial charge in [0.15, 0.2) is 11.6 Å². The van der Waals surface area contributed by atoms with Gasteiger partial charge in [-0.05, 0) is 23.8 Å². The number of non-ortho nitro benzene ring substituents is 1. The lowest BCUT2D eigenvalue weighted by Crippen LogP contribution is -2.22. The van der Waals surface area contributed by atoms with E-state index in [1.807, 2.05) is 0 Å². The van der Waals surface area contributed by atoms with Crippen molar-refractivity contribution in [1.29, 1.82) is 0 Å². The standard InChI is InChI=1S/C15H13FN2O4/c1-22-14-6-5-11(8-13(14)16)15(19)17-9-10-3-2-4-12(7-10)18(20)21/h2-8H,9H2,1H3,(H,17,19). The highest BCUT2D eigenvalue weighted by Gasteiger charge is 2.11. The zero-order valence-corrected chi connectivity index (χ0v) is 11.7. The number of ether oxygens (including phenoxy) is 1. The second kappa shape index (κ2) is 6.66. The maximum Gasteiger partial charge on any atom is 0.269 e. The molecule has 0 saturated carbocycles. The largest absolute Gasteiger partial charge is 0.494 e. The Morgan fingerprint density at radius 2 is 2.09 bits per heavy atom. The van der Waals surface area contributed by atoms with Crippen molar-refractivity contribution in [3.63, 3.8) is 0 Å². The third-order valence-corrected chi connectivity index (χ3v) is 2.99. The van der Waals surface area contributed by atoms with Crippen molar-refractivity contribution in [3.05, 3.63) is 69.5 Å². The number of methoxy groups -OCH3 is 1. The molecule has 22 heavy (non-hydrogen) atoms. The Kier molecular flexibility index (Phi) is 4.67. The molecule has 0 bridgehead atoms. The SMILES string of the molecule is COc1ccc(C(=O)NCc2cccc([N+](=O)[O-])c2)cc1F. The van der Waals surface area contributed by atoms with Gasteiger partial charge >= 0.3 is 0 Å². The van der Waals surface area contributed by atoms with Crippen molar-refractivity contribution in [2.24, 2.45) is 0 Å². The van der Waals surface area contributed by atoms with Crippen LogP contribution in [0, 0.1) is 15.9 Å². The number of halogens is 1. The monoisotopic (exact) mass is 304 g/mol. The van der Waals surface area contributed by atoms with Crippen LogP contribution in [0.3, 0.4) is 0 Å². The van der Waals surface area contributed by atoms with Gasteiger partial charge in [0.2, 0.25) is 0 Å². The number of carbonyl (C=O) groups is 1. The summed E-state index contributed by atoms with van der Waals surface area (Å²) >= 11 is 0. The summed E-state index contributed by atoms with van der Waals surface area (Å²) in [5.41, 5.74) is 0.669. The summed E-state index contributed by atoms with van der Waals surface area (Å²) in [5.74, 6) is -1.06. The molecule has 1 N–H and O–H groups in total. The fraction of sp³-hybridized carbons (Fsp3) is 0.133. The molecule has 0 spiro atoms. The molecular formula is C15H13FN2O4. The zero-order valence-electron chi connectivity index (χ0n) is 11.7. The van der Waals surface area contributed by atoms with Crippen molar-refractivity contribution in [2.45, 2.75) is 6.54 Å². The van der Waals surface area contributed by atoms with Crippen LogP contribution in [-0.4, -0.2) is 17.9 Å². The number of nitro groups is 1. The average molecular weight is 304 g/mol. The van der Waals surface area contributed by atoms with Gasteiger partial charge in [0.1, 0.15) is 0 Å². The molecule has 0 aliphatic heterocycles. The summed E-state index contributed by atoms with van der Waals surface area (Å²) in [7, 11) is 1.33. The number of amides is 1. The van der Waals surface area contributed by atoms with Gasteiger partial charge in [-0.1, -0.05) is 12.1 Å². The molecule has 0 atom stereocenters. The van der Waals surface area contributed by atoms with Crippen LogP contribution in [0.4, 0.5) is 10.1 Å². The molecule has 0 saturated heterocycles. The van der Waals surface area contributed by atoms with Crippen LogP contribution < -0.4 is 10.1 Å². The number of nitro benzene ring substituents is 1. The van der Waals surface area contributed by atoms with Crippen molar-refractivity contribution < 1.29 is 18.8 Å². The second-order valence-corrected chi connectivity index (χ2v) is 4.46. The minimum atomic E-state index is -0.634. The van der Waals surface area contributed by atoms with Gasteiger partial charge in [-0.2, -0.15) is 0 Å². The number of rotatable bonds is 5. The first kappa shape index (κ1) is 15.4. The van der Waals surface area contributed by atoms with Gasteiger partial charge in [0, 0.05) is 24.2 Å². The van der Waals surface area contributed by atoms with Crippen molar-refractivity contribution in [3.8, 4) is 5.75 Å². The summed E-state index contributed by atoms with van der Waals surface area (Å²) in [6, 6.07) is 9.79. The lowest BCUT2D eigenvalue weighted by Gasteiger charge is -2.07.